The van der Waals surface area contributed by atoms with Gasteiger partial charge in [0.1, 0.15) is 0 Å². The van der Waals surface area contributed by atoms with Gasteiger partial charge in [0, 0.05) is 11.3 Å². The summed E-state index contributed by atoms with van der Waals surface area (Å²) in [4.78, 5) is 0. The van der Waals surface area contributed by atoms with Gasteiger partial charge >= 0.3 is 0 Å². The minimum Gasteiger partial charge on any atom is -0.398 e. The predicted octanol–water partition coefficient (Wildman–Crippen LogP) is 5.76. The lowest BCUT2D eigenvalue weighted by atomic mass is 9.91. The smallest absolute Gasteiger partial charge is 0.0393 e. The molecule has 0 amide bonds. The number of benzene rings is 4. The molecule has 0 fully saturated rings. The molecule has 4 aromatic rings. The highest BCUT2D eigenvalue weighted by molar-refractivity contribution is 6.07. The van der Waals surface area contributed by atoms with Crippen LogP contribution in [-0.2, 0) is 0 Å². The van der Waals surface area contributed by atoms with Gasteiger partial charge in [-0.3, -0.25) is 0 Å². The first-order chi connectivity index (χ1) is 11.3. The molecule has 0 unspecified atom stereocenters. The first-order valence-corrected chi connectivity index (χ1v) is 7.76. The van der Waals surface area contributed by atoms with Crippen molar-refractivity contribution in [3.05, 3.63) is 91.0 Å². The Labute approximate surface area is 136 Å². The summed E-state index contributed by atoms with van der Waals surface area (Å²) in [6, 6.07) is 31.4. The van der Waals surface area contributed by atoms with Crippen LogP contribution >= 0.6 is 0 Å². The van der Waals surface area contributed by atoms with Crippen LogP contribution in [0.25, 0.3) is 33.0 Å². The fourth-order valence-corrected chi connectivity index (χ4v) is 3.17. The van der Waals surface area contributed by atoms with Crippen LogP contribution in [0.2, 0.25) is 0 Å². The van der Waals surface area contributed by atoms with Crippen molar-refractivity contribution in [1.29, 1.82) is 0 Å². The van der Waals surface area contributed by atoms with Gasteiger partial charge in [-0.15, -0.1) is 0 Å². The third kappa shape index (κ3) is 2.36. The van der Waals surface area contributed by atoms with Gasteiger partial charge in [0.2, 0.25) is 0 Å². The molecule has 4 rings (SSSR count). The lowest BCUT2D eigenvalue weighted by molar-refractivity contribution is 1.62. The van der Waals surface area contributed by atoms with Crippen LogP contribution in [-0.4, -0.2) is 0 Å². The molecule has 0 atom stereocenters. The van der Waals surface area contributed by atoms with E-state index in [2.05, 4.69) is 66.7 Å². The van der Waals surface area contributed by atoms with E-state index in [0.29, 0.717) is 0 Å². The molecule has 0 bridgehead atoms. The molecule has 110 valence electrons. The second-order valence-corrected chi connectivity index (χ2v) is 5.66. The molecular formula is C22H17N. The Kier molecular flexibility index (Phi) is 3.32. The summed E-state index contributed by atoms with van der Waals surface area (Å²) in [7, 11) is 0. The van der Waals surface area contributed by atoms with Gasteiger partial charge in [0.05, 0.1) is 0 Å². The summed E-state index contributed by atoms with van der Waals surface area (Å²) in [5.74, 6) is 0. The normalized spacial score (nSPS) is 10.8. The van der Waals surface area contributed by atoms with E-state index in [4.69, 9.17) is 5.73 Å². The zero-order valence-electron chi connectivity index (χ0n) is 12.7. The topological polar surface area (TPSA) is 26.0 Å². The van der Waals surface area contributed by atoms with E-state index in [1.165, 1.54) is 27.5 Å². The number of rotatable bonds is 2. The maximum Gasteiger partial charge on any atom is 0.0393 e. The number of para-hydroxylation sites is 1. The molecule has 0 aliphatic rings. The van der Waals surface area contributed by atoms with E-state index in [-0.39, 0.29) is 0 Å². The van der Waals surface area contributed by atoms with Crippen LogP contribution < -0.4 is 5.73 Å². The highest BCUT2D eigenvalue weighted by Gasteiger charge is 2.11. The van der Waals surface area contributed by atoms with Gasteiger partial charge in [-0.2, -0.15) is 0 Å². The molecule has 4 aromatic carbocycles. The van der Waals surface area contributed by atoms with Gasteiger partial charge in [-0.25, -0.2) is 0 Å². The summed E-state index contributed by atoms with van der Waals surface area (Å²) in [6.07, 6.45) is 0. The number of hydrogen-bond acceptors (Lipinski definition) is 1. The van der Waals surface area contributed by atoms with E-state index in [0.717, 1.165) is 11.3 Å². The van der Waals surface area contributed by atoms with Gasteiger partial charge < -0.3 is 5.73 Å². The van der Waals surface area contributed by atoms with Crippen molar-refractivity contribution in [2.75, 3.05) is 5.73 Å². The Bertz CT molecular complexity index is 966. The van der Waals surface area contributed by atoms with Gasteiger partial charge in [-0.1, -0.05) is 84.9 Å². The van der Waals surface area contributed by atoms with Crippen LogP contribution in [0.4, 0.5) is 5.69 Å². The Morgan fingerprint density at radius 1 is 0.478 bits per heavy atom. The molecule has 0 radical (unpaired) electrons. The highest BCUT2D eigenvalue weighted by atomic mass is 14.6. The van der Waals surface area contributed by atoms with Crippen LogP contribution in [0, 0.1) is 0 Å². The van der Waals surface area contributed by atoms with Gasteiger partial charge in [-0.05, 0) is 33.5 Å². The molecule has 0 saturated carbocycles. The largest absolute Gasteiger partial charge is 0.398 e. The number of fused-ring (bicyclic) bond motifs is 1. The lowest BCUT2D eigenvalue weighted by Crippen LogP contribution is -1.91. The van der Waals surface area contributed by atoms with Crippen molar-refractivity contribution < 1.29 is 0 Å². The molecule has 23 heavy (non-hydrogen) atoms. The Balaban J connectivity index is 2.09. The van der Waals surface area contributed by atoms with Gasteiger partial charge in [0.25, 0.3) is 0 Å². The van der Waals surface area contributed by atoms with Crippen LogP contribution in [0.1, 0.15) is 0 Å². The fourth-order valence-electron chi connectivity index (χ4n) is 3.17. The molecule has 1 nitrogen and oxygen atoms in total. The molecule has 0 saturated heterocycles. The standard InChI is InChI=1S/C22H17N/c23-21-15-5-4-12-19(21)20-14-7-11-17-10-6-13-18(22(17)20)16-8-2-1-3-9-16/h1-15H,23H2. The lowest BCUT2D eigenvalue weighted by Gasteiger charge is -2.14. The van der Waals surface area contributed by atoms with Crippen molar-refractivity contribution in [1.82, 2.24) is 0 Å². The van der Waals surface area contributed by atoms with Crippen molar-refractivity contribution in [3.63, 3.8) is 0 Å². The molecule has 0 aromatic heterocycles. The van der Waals surface area contributed by atoms with E-state index >= 15 is 0 Å². The average molecular weight is 295 g/mol. The first-order valence-electron chi connectivity index (χ1n) is 7.76. The fraction of sp³-hybridized carbons (Fsp3) is 0. The Morgan fingerprint density at radius 3 is 1.83 bits per heavy atom. The summed E-state index contributed by atoms with van der Waals surface area (Å²) in [5, 5.41) is 2.48. The molecule has 0 spiro atoms. The van der Waals surface area contributed by atoms with E-state index < -0.39 is 0 Å². The number of anilines is 1. The third-order valence-electron chi connectivity index (χ3n) is 4.24. The average Bonchev–Trinajstić information content (AvgIpc) is 2.62. The quantitative estimate of drug-likeness (QED) is 0.468. The second kappa shape index (κ2) is 5.62. The Morgan fingerprint density at radius 2 is 1.09 bits per heavy atom. The van der Waals surface area contributed by atoms with Crippen LogP contribution in [0.3, 0.4) is 0 Å². The summed E-state index contributed by atoms with van der Waals surface area (Å²) in [5.41, 5.74) is 11.8. The third-order valence-corrected chi connectivity index (χ3v) is 4.24. The zero-order chi connectivity index (χ0) is 15.6. The molecular weight excluding hydrogens is 278 g/mol. The maximum absolute atomic E-state index is 6.23. The molecule has 0 aliphatic heterocycles. The first kappa shape index (κ1) is 13.6. The summed E-state index contributed by atoms with van der Waals surface area (Å²) in [6.45, 7) is 0. The molecule has 0 aliphatic carbocycles. The van der Waals surface area contributed by atoms with E-state index in [1.807, 2.05) is 24.3 Å². The van der Waals surface area contributed by atoms with Crippen molar-refractivity contribution in [2.24, 2.45) is 0 Å². The monoisotopic (exact) mass is 295 g/mol. The zero-order valence-corrected chi connectivity index (χ0v) is 12.7. The van der Waals surface area contributed by atoms with Crippen molar-refractivity contribution in [3.8, 4) is 22.3 Å². The SMILES string of the molecule is Nc1ccccc1-c1cccc2cccc(-c3ccccc3)c12. The number of hydrogen-bond donors (Lipinski definition) is 1. The van der Waals surface area contributed by atoms with Crippen LogP contribution in [0.15, 0.2) is 91.0 Å². The number of nitrogen functional groups attached to an aromatic ring is 1. The maximum atomic E-state index is 6.23. The van der Waals surface area contributed by atoms with Crippen molar-refractivity contribution in [2.45, 2.75) is 0 Å². The van der Waals surface area contributed by atoms with Crippen LogP contribution in [0.5, 0.6) is 0 Å². The minimum atomic E-state index is 0.808. The minimum absolute atomic E-state index is 0.808. The number of nitrogens with two attached hydrogens (primary N) is 1. The summed E-state index contributed by atoms with van der Waals surface area (Å²) >= 11 is 0. The second-order valence-electron chi connectivity index (χ2n) is 5.66. The molecule has 0 heterocycles. The highest BCUT2D eigenvalue weighted by Crippen LogP contribution is 2.38. The summed E-state index contributed by atoms with van der Waals surface area (Å²) < 4.78 is 0. The molecule has 2 N–H and O–H groups in total. The van der Waals surface area contributed by atoms with E-state index in [9.17, 15) is 0 Å². The predicted molar refractivity (Wildman–Crippen MR) is 99.2 cm³/mol. The van der Waals surface area contributed by atoms with E-state index in [1.54, 1.807) is 0 Å². The van der Waals surface area contributed by atoms with Gasteiger partial charge in [0.15, 0.2) is 0 Å². The molecule has 1 heteroatoms. The van der Waals surface area contributed by atoms with Crippen molar-refractivity contribution >= 4 is 16.5 Å². The Hall–Kier alpha value is -3.06.